The summed E-state index contributed by atoms with van der Waals surface area (Å²) in [6.45, 7) is 0. The van der Waals surface area contributed by atoms with Crippen molar-refractivity contribution in [1.29, 1.82) is 0 Å². The van der Waals surface area contributed by atoms with Crippen molar-refractivity contribution in [2.45, 2.75) is 0 Å². The fourth-order valence-corrected chi connectivity index (χ4v) is 9.20. The van der Waals surface area contributed by atoms with E-state index in [0.29, 0.717) is 0 Å². The van der Waals surface area contributed by atoms with E-state index in [2.05, 4.69) is 209 Å². The van der Waals surface area contributed by atoms with Gasteiger partial charge in [0.1, 0.15) is 11.2 Å². The zero-order valence-electron chi connectivity index (χ0n) is 30.9. The largest absolute Gasteiger partial charge is 0.456 e. The molecule has 0 aliphatic carbocycles. The predicted octanol–water partition coefficient (Wildman–Crippen LogP) is 14.8. The second kappa shape index (κ2) is 12.5. The Bertz CT molecular complexity index is 3510. The quantitative estimate of drug-likeness (QED) is 0.173. The highest BCUT2D eigenvalue weighted by Crippen LogP contribution is 2.43. The van der Waals surface area contributed by atoms with Gasteiger partial charge in [0.25, 0.3) is 0 Å². The van der Waals surface area contributed by atoms with Crippen LogP contribution in [0.3, 0.4) is 0 Å². The monoisotopic (exact) mass is 726 g/mol. The van der Waals surface area contributed by atoms with Crippen LogP contribution in [-0.4, -0.2) is 9.13 Å². The molecular weight excluding hydrogens is 693 g/mol. The van der Waals surface area contributed by atoms with Crippen LogP contribution in [0.5, 0.6) is 0 Å². The van der Waals surface area contributed by atoms with Crippen molar-refractivity contribution in [3.8, 4) is 44.8 Å². The molecule has 9 aromatic carbocycles. The van der Waals surface area contributed by atoms with Gasteiger partial charge in [-0.2, -0.15) is 0 Å². The highest BCUT2D eigenvalue weighted by Gasteiger charge is 2.21. The van der Waals surface area contributed by atoms with Gasteiger partial charge in [-0.3, -0.25) is 0 Å². The zero-order chi connectivity index (χ0) is 37.5. The van der Waals surface area contributed by atoms with E-state index in [1.165, 1.54) is 66.0 Å². The van der Waals surface area contributed by atoms with Crippen molar-refractivity contribution in [2.24, 2.45) is 0 Å². The lowest BCUT2D eigenvalue weighted by Crippen LogP contribution is -1.95. The first-order valence-electron chi connectivity index (χ1n) is 19.5. The number of rotatable bonds is 5. The van der Waals surface area contributed by atoms with Gasteiger partial charge in [-0.05, 0) is 100 Å². The van der Waals surface area contributed by atoms with Crippen LogP contribution >= 0.6 is 0 Å². The van der Waals surface area contributed by atoms with E-state index in [9.17, 15) is 0 Å². The zero-order valence-corrected chi connectivity index (χ0v) is 30.9. The first-order valence-corrected chi connectivity index (χ1v) is 19.5. The average Bonchev–Trinajstić information content (AvgIpc) is 3.94. The van der Waals surface area contributed by atoms with Gasteiger partial charge < -0.3 is 13.6 Å². The molecule has 0 bridgehead atoms. The maximum Gasteiger partial charge on any atom is 0.137 e. The summed E-state index contributed by atoms with van der Waals surface area (Å²) in [5.41, 5.74) is 16.0. The second-order valence-corrected chi connectivity index (χ2v) is 14.9. The maximum absolute atomic E-state index is 6.39. The molecule has 0 aliphatic heterocycles. The Morgan fingerprint density at radius 1 is 0.298 bits per heavy atom. The molecule has 57 heavy (non-hydrogen) atoms. The summed E-state index contributed by atoms with van der Waals surface area (Å²) in [6.07, 6.45) is 0. The highest BCUT2D eigenvalue weighted by molar-refractivity contribution is 6.19. The smallest absolute Gasteiger partial charge is 0.137 e. The Kier molecular flexibility index (Phi) is 6.93. The van der Waals surface area contributed by atoms with Crippen LogP contribution < -0.4 is 0 Å². The Morgan fingerprint density at radius 3 is 1.70 bits per heavy atom. The molecule has 0 radical (unpaired) electrons. The topological polar surface area (TPSA) is 23.0 Å². The first kappa shape index (κ1) is 31.7. The SMILES string of the molecule is c1ccc(-c2cccc(-n3c4ccccc4c4cc(-c5ccc6c(c5)c5c(-c7ccccc7)cccc5n6-c5cccc6oc7ccccc7c56)ccc43)c2)cc1. The number of aromatic nitrogens is 2. The molecule has 0 saturated carbocycles. The third kappa shape index (κ3) is 4.86. The van der Waals surface area contributed by atoms with Crippen LogP contribution in [0.2, 0.25) is 0 Å². The van der Waals surface area contributed by atoms with Gasteiger partial charge in [0, 0.05) is 32.6 Å². The molecular formula is C54H34N2O. The summed E-state index contributed by atoms with van der Waals surface area (Å²) in [6, 6.07) is 74.5. The summed E-state index contributed by atoms with van der Waals surface area (Å²) in [5, 5.41) is 7.17. The van der Waals surface area contributed by atoms with Gasteiger partial charge in [-0.1, -0.05) is 140 Å². The predicted molar refractivity (Wildman–Crippen MR) is 239 cm³/mol. The highest BCUT2D eigenvalue weighted by atomic mass is 16.3. The third-order valence-corrected chi connectivity index (χ3v) is 11.7. The van der Waals surface area contributed by atoms with Crippen LogP contribution in [0.25, 0.3) is 110 Å². The number of hydrogen-bond donors (Lipinski definition) is 0. The lowest BCUT2D eigenvalue weighted by Gasteiger charge is -2.11. The van der Waals surface area contributed by atoms with Gasteiger partial charge >= 0.3 is 0 Å². The van der Waals surface area contributed by atoms with Crippen molar-refractivity contribution >= 4 is 65.6 Å². The van der Waals surface area contributed by atoms with E-state index in [-0.39, 0.29) is 0 Å². The number of para-hydroxylation sites is 2. The Labute approximate surface area is 328 Å². The molecule has 0 atom stereocenters. The maximum atomic E-state index is 6.39. The van der Waals surface area contributed by atoms with E-state index >= 15 is 0 Å². The summed E-state index contributed by atoms with van der Waals surface area (Å²) in [7, 11) is 0. The molecule has 3 heterocycles. The van der Waals surface area contributed by atoms with Crippen molar-refractivity contribution in [2.75, 3.05) is 0 Å². The molecule has 12 aromatic rings. The molecule has 266 valence electrons. The van der Waals surface area contributed by atoms with Crippen molar-refractivity contribution in [3.63, 3.8) is 0 Å². The second-order valence-electron chi connectivity index (χ2n) is 14.9. The van der Waals surface area contributed by atoms with E-state index in [1.807, 2.05) is 6.07 Å². The molecule has 12 rings (SSSR count). The lowest BCUT2D eigenvalue weighted by molar-refractivity contribution is 0.669. The minimum absolute atomic E-state index is 0.888. The normalized spacial score (nSPS) is 11.9. The first-order chi connectivity index (χ1) is 28.3. The van der Waals surface area contributed by atoms with E-state index < -0.39 is 0 Å². The van der Waals surface area contributed by atoms with Crippen molar-refractivity contribution < 1.29 is 4.42 Å². The molecule has 0 N–H and O–H groups in total. The number of nitrogens with zero attached hydrogens (tertiary/aromatic N) is 2. The summed E-state index contributed by atoms with van der Waals surface area (Å²) in [4.78, 5) is 0. The molecule has 0 saturated heterocycles. The van der Waals surface area contributed by atoms with E-state index in [0.717, 1.165) is 44.3 Å². The average molecular weight is 727 g/mol. The number of fused-ring (bicyclic) bond motifs is 9. The van der Waals surface area contributed by atoms with Crippen LogP contribution in [-0.2, 0) is 0 Å². The van der Waals surface area contributed by atoms with Crippen LogP contribution in [0.4, 0.5) is 0 Å². The van der Waals surface area contributed by atoms with Crippen LogP contribution in [0.15, 0.2) is 211 Å². The fourth-order valence-electron chi connectivity index (χ4n) is 9.20. The number of furan rings is 1. The Balaban J connectivity index is 1.09. The minimum Gasteiger partial charge on any atom is -0.456 e. The molecule has 3 aromatic heterocycles. The van der Waals surface area contributed by atoms with Crippen LogP contribution in [0.1, 0.15) is 0 Å². The molecule has 3 heteroatoms. The van der Waals surface area contributed by atoms with E-state index in [1.54, 1.807) is 0 Å². The van der Waals surface area contributed by atoms with E-state index in [4.69, 9.17) is 4.42 Å². The lowest BCUT2D eigenvalue weighted by atomic mass is 9.97. The van der Waals surface area contributed by atoms with Gasteiger partial charge in [0.05, 0.1) is 33.1 Å². The molecule has 3 nitrogen and oxygen atoms in total. The van der Waals surface area contributed by atoms with Gasteiger partial charge in [0.15, 0.2) is 0 Å². The Hall–Kier alpha value is -7.62. The minimum atomic E-state index is 0.888. The molecule has 0 fully saturated rings. The summed E-state index contributed by atoms with van der Waals surface area (Å²) < 4.78 is 11.2. The Morgan fingerprint density at radius 2 is 0.877 bits per heavy atom. The summed E-state index contributed by atoms with van der Waals surface area (Å²) >= 11 is 0. The van der Waals surface area contributed by atoms with Gasteiger partial charge in [0.2, 0.25) is 0 Å². The van der Waals surface area contributed by atoms with Crippen LogP contribution in [0, 0.1) is 0 Å². The number of hydrogen-bond acceptors (Lipinski definition) is 1. The fraction of sp³-hybridized carbons (Fsp3) is 0. The van der Waals surface area contributed by atoms with Gasteiger partial charge in [-0.15, -0.1) is 0 Å². The number of benzene rings is 9. The van der Waals surface area contributed by atoms with Gasteiger partial charge in [-0.25, -0.2) is 0 Å². The molecule has 0 spiro atoms. The molecule has 0 amide bonds. The standard InChI is InChI=1S/C54H34N2O/c1-3-14-35(15-4-1)37-18-11-19-40(32-37)55-46-23-9-7-20-42(46)44-33-38(28-30-47(44)55)39-29-31-48-45(34-39)53-41(36-16-5-2-6-17-36)22-12-24-49(53)56(48)50-25-13-27-52-54(50)43-21-8-10-26-51(43)57-52/h1-34H. The molecule has 0 aliphatic rings. The summed E-state index contributed by atoms with van der Waals surface area (Å²) in [5.74, 6) is 0. The van der Waals surface area contributed by atoms with Crippen molar-refractivity contribution in [1.82, 2.24) is 9.13 Å². The third-order valence-electron chi connectivity index (χ3n) is 11.7. The van der Waals surface area contributed by atoms with Crippen molar-refractivity contribution in [3.05, 3.63) is 206 Å². The molecule has 0 unspecified atom stereocenters.